The highest BCUT2D eigenvalue weighted by atomic mass is 16.5. The topological polar surface area (TPSA) is 36.9 Å². The van der Waals surface area contributed by atoms with Crippen LogP contribution >= 0.6 is 0 Å². The SMILES string of the molecule is c1ccc(COc2ccc3c(c2)OC[C@@H]2c4cc(OCc5ccccc5)c(OCc5ccccc5)cc4C[C@H]32)cc1. The van der Waals surface area contributed by atoms with Gasteiger partial charge in [0.05, 0.1) is 6.61 Å². The van der Waals surface area contributed by atoms with E-state index >= 15 is 0 Å². The fraction of sp³-hybridized carbons (Fsp3) is 0.189. The second kappa shape index (κ2) is 11.4. The van der Waals surface area contributed by atoms with E-state index in [9.17, 15) is 0 Å². The molecule has 1 heterocycles. The van der Waals surface area contributed by atoms with Crippen LogP contribution in [0.3, 0.4) is 0 Å². The first-order valence-electron chi connectivity index (χ1n) is 14.2. The zero-order chi connectivity index (χ0) is 27.4. The quantitative estimate of drug-likeness (QED) is 0.189. The molecule has 0 fully saturated rings. The number of ether oxygens (including phenoxy) is 4. The molecule has 2 atom stereocenters. The van der Waals surface area contributed by atoms with Gasteiger partial charge in [0, 0.05) is 17.9 Å². The van der Waals surface area contributed by atoms with Crippen LogP contribution in [0.25, 0.3) is 0 Å². The van der Waals surface area contributed by atoms with Gasteiger partial charge in [-0.15, -0.1) is 0 Å². The number of hydrogen-bond acceptors (Lipinski definition) is 4. The Morgan fingerprint density at radius 3 is 1.71 bits per heavy atom. The molecule has 0 saturated carbocycles. The minimum absolute atomic E-state index is 0.274. The molecule has 5 aromatic rings. The summed E-state index contributed by atoms with van der Waals surface area (Å²) in [6, 6.07) is 41.4. The van der Waals surface area contributed by atoms with Gasteiger partial charge in [-0.05, 0) is 58.0 Å². The molecular weight excluding hydrogens is 508 g/mol. The third kappa shape index (κ3) is 5.51. The van der Waals surface area contributed by atoms with E-state index in [0.29, 0.717) is 32.3 Å². The Kier molecular flexibility index (Phi) is 7.04. The molecule has 204 valence electrons. The maximum atomic E-state index is 6.38. The van der Waals surface area contributed by atoms with E-state index < -0.39 is 0 Å². The van der Waals surface area contributed by atoms with Crippen molar-refractivity contribution in [2.75, 3.05) is 6.61 Å². The van der Waals surface area contributed by atoms with Crippen LogP contribution in [0.4, 0.5) is 0 Å². The second-order valence-corrected chi connectivity index (χ2v) is 10.7. The largest absolute Gasteiger partial charge is 0.492 e. The van der Waals surface area contributed by atoms with Gasteiger partial charge in [0.1, 0.15) is 31.3 Å². The van der Waals surface area contributed by atoms with Crippen LogP contribution in [-0.2, 0) is 26.2 Å². The molecule has 0 saturated heterocycles. The van der Waals surface area contributed by atoms with E-state index in [1.54, 1.807) is 0 Å². The zero-order valence-corrected chi connectivity index (χ0v) is 22.9. The Balaban J connectivity index is 1.13. The van der Waals surface area contributed by atoms with Crippen LogP contribution < -0.4 is 18.9 Å². The van der Waals surface area contributed by atoms with Gasteiger partial charge in [-0.25, -0.2) is 0 Å². The van der Waals surface area contributed by atoms with Gasteiger partial charge in [0.15, 0.2) is 11.5 Å². The summed E-state index contributed by atoms with van der Waals surface area (Å²) in [4.78, 5) is 0. The first kappa shape index (κ1) is 25.3. The monoisotopic (exact) mass is 540 g/mol. The molecule has 0 amide bonds. The van der Waals surface area contributed by atoms with Crippen LogP contribution in [-0.4, -0.2) is 6.61 Å². The number of benzene rings is 5. The molecule has 41 heavy (non-hydrogen) atoms. The Morgan fingerprint density at radius 2 is 1.10 bits per heavy atom. The molecule has 5 aromatic carbocycles. The van der Waals surface area contributed by atoms with E-state index in [-0.39, 0.29) is 5.92 Å². The number of rotatable bonds is 9. The summed E-state index contributed by atoms with van der Waals surface area (Å²) in [7, 11) is 0. The van der Waals surface area contributed by atoms with Crippen molar-refractivity contribution in [3.05, 3.63) is 155 Å². The molecule has 4 nitrogen and oxygen atoms in total. The maximum absolute atomic E-state index is 6.38. The minimum atomic E-state index is 0.274. The Hall–Kier alpha value is -4.70. The predicted octanol–water partition coefficient (Wildman–Crippen LogP) is 8.24. The lowest BCUT2D eigenvalue weighted by Gasteiger charge is -2.29. The normalized spacial score (nSPS) is 16.6. The van der Waals surface area contributed by atoms with E-state index in [2.05, 4.69) is 60.7 Å². The fourth-order valence-electron chi connectivity index (χ4n) is 5.92. The van der Waals surface area contributed by atoms with Crippen LogP contribution in [0.2, 0.25) is 0 Å². The predicted molar refractivity (Wildman–Crippen MR) is 160 cm³/mol. The molecule has 0 aromatic heterocycles. The third-order valence-corrected chi connectivity index (χ3v) is 8.06. The molecule has 1 aliphatic carbocycles. The maximum Gasteiger partial charge on any atom is 0.162 e. The van der Waals surface area contributed by atoms with Crippen LogP contribution in [0, 0.1) is 0 Å². The minimum Gasteiger partial charge on any atom is -0.492 e. The van der Waals surface area contributed by atoms with Gasteiger partial charge in [0.25, 0.3) is 0 Å². The summed E-state index contributed by atoms with van der Waals surface area (Å²) in [5.41, 5.74) is 7.23. The molecule has 4 heteroatoms. The average Bonchev–Trinajstić information content (AvgIpc) is 3.40. The Labute approximate surface area is 241 Å². The van der Waals surface area contributed by atoms with E-state index in [4.69, 9.17) is 18.9 Å². The molecule has 2 aliphatic rings. The molecule has 0 N–H and O–H groups in total. The smallest absolute Gasteiger partial charge is 0.162 e. The standard InChI is InChI=1S/C37H32O4/c1-4-10-26(11-5-1)22-38-30-16-17-31-33-18-29-19-36(39-23-27-12-6-2-7-13-27)37(40-24-28-14-8-3-9-15-28)21-32(29)34(33)25-41-35(31)20-30/h1-17,19-21,33-34H,18,22-25H2/t33-,34-/m1/s1. The fourth-order valence-corrected chi connectivity index (χ4v) is 5.92. The lowest BCUT2D eigenvalue weighted by atomic mass is 9.84. The molecule has 0 unspecified atom stereocenters. The van der Waals surface area contributed by atoms with Crippen molar-refractivity contribution in [3.63, 3.8) is 0 Å². The molecule has 0 spiro atoms. The Morgan fingerprint density at radius 1 is 0.537 bits per heavy atom. The summed E-state index contributed by atoms with van der Waals surface area (Å²) in [6.07, 6.45) is 0.946. The highest BCUT2D eigenvalue weighted by molar-refractivity contribution is 5.56. The van der Waals surface area contributed by atoms with E-state index in [0.717, 1.165) is 46.1 Å². The van der Waals surface area contributed by atoms with Crippen molar-refractivity contribution in [1.29, 1.82) is 0 Å². The summed E-state index contributed by atoms with van der Waals surface area (Å²) < 4.78 is 25.2. The molecule has 1 aliphatic heterocycles. The average molecular weight is 541 g/mol. The van der Waals surface area contributed by atoms with Crippen molar-refractivity contribution in [3.8, 4) is 23.0 Å². The van der Waals surface area contributed by atoms with Crippen molar-refractivity contribution in [2.45, 2.75) is 38.1 Å². The van der Waals surface area contributed by atoms with Gasteiger partial charge in [0.2, 0.25) is 0 Å². The highest BCUT2D eigenvalue weighted by Crippen LogP contribution is 2.52. The zero-order valence-electron chi connectivity index (χ0n) is 22.9. The molecule has 7 rings (SSSR count). The lowest BCUT2D eigenvalue weighted by Crippen LogP contribution is -2.21. The second-order valence-electron chi connectivity index (χ2n) is 10.7. The first-order chi connectivity index (χ1) is 20.3. The van der Waals surface area contributed by atoms with Crippen molar-refractivity contribution < 1.29 is 18.9 Å². The van der Waals surface area contributed by atoms with E-state index in [1.807, 2.05) is 60.7 Å². The van der Waals surface area contributed by atoms with Gasteiger partial charge < -0.3 is 18.9 Å². The van der Waals surface area contributed by atoms with Crippen molar-refractivity contribution >= 4 is 0 Å². The summed E-state index contributed by atoms with van der Waals surface area (Å²) in [5.74, 6) is 3.94. The number of fused-ring (bicyclic) bond motifs is 5. The van der Waals surface area contributed by atoms with Gasteiger partial charge in [-0.1, -0.05) is 97.1 Å². The number of hydrogen-bond donors (Lipinski definition) is 0. The van der Waals surface area contributed by atoms with Crippen LogP contribution in [0.1, 0.15) is 45.2 Å². The summed E-state index contributed by atoms with van der Waals surface area (Å²) in [5, 5.41) is 0. The van der Waals surface area contributed by atoms with Gasteiger partial charge >= 0.3 is 0 Å². The van der Waals surface area contributed by atoms with Crippen molar-refractivity contribution in [2.24, 2.45) is 0 Å². The van der Waals surface area contributed by atoms with Crippen LogP contribution in [0.5, 0.6) is 23.0 Å². The van der Waals surface area contributed by atoms with E-state index in [1.165, 1.54) is 16.7 Å². The third-order valence-electron chi connectivity index (χ3n) is 8.06. The molecular formula is C37H32O4. The Bertz CT molecular complexity index is 1620. The van der Waals surface area contributed by atoms with Gasteiger partial charge in [-0.3, -0.25) is 0 Å². The summed E-state index contributed by atoms with van der Waals surface area (Å²) in [6.45, 7) is 2.15. The van der Waals surface area contributed by atoms with Crippen LogP contribution in [0.15, 0.2) is 121 Å². The van der Waals surface area contributed by atoms with Crippen molar-refractivity contribution in [1.82, 2.24) is 0 Å². The first-order valence-corrected chi connectivity index (χ1v) is 14.2. The lowest BCUT2D eigenvalue weighted by molar-refractivity contribution is 0.241. The van der Waals surface area contributed by atoms with Gasteiger partial charge in [-0.2, -0.15) is 0 Å². The highest BCUT2D eigenvalue weighted by Gasteiger charge is 2.39. The summed E-state index contributed by atoms with van der Waals surface area (Å²) >= 11 is 0. The molecule has 0 radical (unpaired) electrons. The molecule has 0 bridgehead atoms.